The number of hydrogen-bond acceptors (Lipinski definition) is 2. The van der Waals surface area contributed by atoms with Gasteiger partial charge in [-0.15, -0.1) is 0 Å². The smallest absolute Gasteiger partial charge is 0.222 e. The van der Waals surface area contributed by atoms with E-state index in [4.69, 9.17) is 4.74 Å². The summed E-state index contributed by atoms with van der Waals surface area (Å²) in [7, 11) is 0. The van der Waals surface area contributed by atoms with Crippen molar-refractivity contribution in [1.82, 2.24) is 4.90 Å². The average molecular weight is 199 g/mol. The Kier molecular flexibility index (Phi) is 4.94. The maximum atomic E-state index is 11.4. The van der Waals surface area contributed by atoms with Crippen LogP contribution in [0.4, 0.5) is 0 Å². The van der Waals surface area contributed by atoms with Crippen LogP contribution in [0.3, 0.4) is 0 Å². The molecule has 0 bridgehead atoms. The molecule has 0 radical (unpaired) electrons. The van der Waals surface area contributed by atoms with Crippen molar-refractivity contribution < 1.29 is 9.53 Å². The fourth-order valence-corrected chi connectivity index (χ4v) is 1.78. The molecular formula is C11H21NO2. The second-order valence-electron chi connectivity index (χ2n) is 3.80. The first-order chi connectivity index (χ1) is 6.77. The Hall–Kier alpha value is -0.570. The van der Waals surface area contributed by atoms with E-state index in [2.05, 4.69) is 6.92 Å². The molecule has 82 valence electrons. The van der Waals surface area contributed by atoms with Crippen molar-refractivity contribution in [2.75, 3.05) is 19.7 Å². The monoisotopic (exact) mass is 199 g/mol. The largest absolute Gasteiger partial charge is 0.378 e. The topological polar surface area (TPSA) is 29.5 Å². The summed E-state index contributed by atoms with van der Waals surface area (Å²) in [6, 6.07) is 0. The van der Waals surface area contributed by atoms with Crippen molar-refractivity contribution in [3.05, 3.63) is 0 Å². The first-order valence-electron chi connectivity index (χ1n) is 5.67. The van der Waals surface area contributed by atoms with Gasteiger partial charge < -0.3 is 9.64 Å². The first kappa shape index (κ1) is 11.5. The second-order valence-corrected chi connectivity index (χ2v) is 3.80. The van der Waals surface area contributed by atoms with Crippen molar-refractivity contribution in [1.29, 1.82) is 0 Å². The van der Waals surface area contributed by atoms with Crippen LogP contribution in [0.1, 0.15) is 39.5 Å². The third-order valence-corrected chi connectivity index (χ3v) is 2.65. The van der Waals surface area contributed by atoms with Crippen LogP contribution in [0, 0.1) is 0 Å². The molecule has 0 aliphatic carbocycles. The number of amides is 1. The Labute approximate surface area is 86.4 Å². The van der Waals surface area contributed by atoms with Crippen LogP contribution in [-0.2, 0) is 9.53 Å². The highest BCUT2D eigenvalue weighted by Gasteiger charge is 2.21. The number of nitrogens with zero attached hydrogens (tertiary/aromatic N) is 1. The van der Waals surface area contributed by atoms with E-state index in [9.17, 15) is 4.79 Å². The number of hydrogen-bond donors (Lipinski definition) is 0. The molecule has 3 nitrogen and oxygen atoms in total. The van der Waals surface area contributed by atoms with Gasteiger partial charge in [-0.1, -0.05) is 13.8 Å². The molecule has 1 heterocycles. The van der Waals surface area contributed by atoms with Crippen molar-refractivity contribution in [2.24, 2.45) is 0 Å². The predicted octanol–water partition coefficient (Wildman–Crippen LogP) is 1.81. The van der Waals surface area contributed by atoms with Gasteiger partial charge in [0.25, 0.3) is 0 Å². The van der Waals surface area contributed by atoms with Gasteiger partial charge in [-0.2, -0.15) is 0 Å². The molecule has 0 unspecified atom stereocenters. The van der Waals surface area contributed by atoms with Gasteiger partial charge in [0.15, 0.2) is 0 Å². The van der Waals surface area contributed by atoms with Crippen LogP contribution < -0.4 is 0 Å². The Balaban J connectivity index is 2.20. The summed E-state index contributed by atoms with van der Waals surface area (Å²) in [5.74, 6) is 0.277. The number of piperidine rings is 1. The van der Waals surface area contributed by atoms with E-state index in [0.717, 1.165) is 39.0 Å². The molecule has 0 aromatic heterocycles. The molecule has 3 heteroatoms. The van der Waals surface area contributed by atoms with Gasteiger partial charge in [-0.05, 0) is 19.3 Å². The Morgan fingerprint density at radius 1 is 1.36 bits per heavy atom. The zero-order valence-corrected chi connectivity index (χ0v) is 9.29. The molecule has 1 rings (SSSR count). The maximum absolute atomic E-state index is 11.4. The van der Waals surface area contributed by atoms with Gasteiger partial charge in [0.05, 0.1) is 6.10 Å². The molecule has 14 heavy (non-hydrogen) atoms. The lowest BCUT2D eigenvalue weighted by Gasteiger charge is -2.31. The van der Waals surface area contributed by atoms with E-state index in [-0.39, 0.29) is 5.91 Å². The average Bonchev–Trinajstić information content (AvgIpc) is 2.26. The minimum absolute atomic E-state index is 0.277. The summed E-state index contributed by atoms with van der Waals surface area (Å²) in [6.45, 7) is 6.65. The Morgan fingerprint density at radius 2 is 2.00 bits per heavy atom. The molecule has 1 amide bonds. The number of carbonyl (C=O) groups is 1. The Morgan fingerprint density at radius 3 is 2.50 bits per heavy atom. The predicted molar refractivity (Wildman–Crippen MR) is 56.1 cm³/mol. The maximum Gasteiger partial charge on any atom is 0.222 e. The molecule has 1 fully saturated rings. The van der Waals surface area contributed by atoms with Crippen molar-refractivity contribution in [2.45, 2.75) is 45.6 Å². The quantitative estimate of drug-likeness (QED) is 0.691. The normalized spacial score (nSPS) is 18.6. The summed E-state index contributed by atoms with van der Waals surface area (Å²) in [5, 5.41) is 0. The van der Waals surface area contributed by atoms with E-state index in [1.807, 2.05) is 11.8 Å². The third-order valence-electron chi connectivity index (χ3n) is 2.65. The van der Waals surface area contributed by atoms with Crippen molar-refractivity contribution >= 4 is 5.91 Å². The van der Waals surface area contributed by atoms with Crippen LogP contribution in [0.5, 0.6) is 0 Å². The van der Waals surface area contributed by atoms with Gasteiger partial charge in [0, 0.05) is 26.1 Å². The molecule has 0 aromatic rings. The number of ether oxygens (including phenoxy) is 1. The first-order valence-corrected chi connectivity index (χ1v) is 5.67. The molecule has 1 aliphatic rings. The van der Waals surface area contributed by atoms with Crippen LogP contribution in [0.25, 0.3) is 0 Å². The van der Waals surface area contributed by atoms with Crippen molar-refractivity contribution in [3.8, 4) is 0 Å². The van der Waals surface area contributed by atoms with E-state index in [0.29, 0.717) is 12.5 Å². The highest BCUT2D eigenvalue weighted by Crippen LogP contribution is 2.14. The van der Waals surface area contributed by atoms with E-state index in [1.54, 1.807) is 0 Å². The van der Waals surface area contributed by atoms with E-state index < -0.39 is 0 Å². The van der Waals surface area contributed by atoms with Crippen LogP contribution in [0.15, 0.2) is 0 Å². The second kappa shape index (κ2) is 6.02. The minimum Gasteiger partial charge on any atom is -0.378 e. The van der Waals surface area contributed by atoms with Gasteiger partial charge in [-0.25, -0.2) is 0 Å². The Bertz CT molecular complexity index is 174. The minimum atomic E-state index is 0.277. The summed E-state index contributed by atoms with van der Waals surface area (Å²) < 4.78 is 5.66. The number of likely N-dealkylation sites (tertiary alicyclic amines) is 1. The lowest BCUT2D eigenvalue weighted by molar-refractivity contribution is -0.133. The fourth-order valence-electron chi connectivity index (χ4n) is 1.78. The zero-order chi connectivity index (χ0) is 10.4. The highest BCUT2D eigenvalue weighted by molar-refractivity contribution is 5.75. The SMILES string of the molecule is CCCOC1CCN(C(=O)CC)CC1. The lowest BCUT2D eigenvalue weighted by atomic mass is 10.1. The summed E-state index contributed by atoms with van der Waals surface area (Å²) in [4.78, 5) is 13.3. The molecule has 0 spiro atoms. The van der Waals surface area contributed by atoms with E-state index >= 15 is 0 Å². The summed E-state index contributed by atoms with van der Waals surface area (Å²) in [6.07, 6.45) is 4.10. The van der Waals surface area contributed by atoms with Gasteiger partial charge in [0.1, 0.15) is 0 Å². The molecule has 0 atom stereocenters. The molecule has 1 saturated heterocycles. The number of rotatable bonds is 4. The van der Waals surface area contributed by atoms with Crippen LogP contribution >= 0.6 is 0 Å². The van der Waals surface area contributed by atoms with E-state index in [1.165, 1.54) is 0 Å². The molecule has 0 N–H and O–H groups in total. The molecule has 0 saturated carbocycles. The zero-order valence-electron chi connectivity index (χ0n) is 9.29. The molecular weight excluding hydrogens is 178 g/mol. The highest BCUT2D eigenvalue weighted by atomic mass is 16.5. The summed E-state index contributed by atoms with van der Waals surface area (Å²) in [5.41, 5.74) is 0. The van der Waals surface area contributed by atoms with Gasteiger partial charge >= 0.3 is 0 Å². The van der Waals surface area contributed by atoms with Crippen LogP contribution in [0.2, 0.25) is 0 Å². The van der Waals surface area contributed by atoms with Crippen molar-refractivity contribution in [3.63, 3.8) is 0 Å². The van der Waals surface area contributed by atoms with Gasteiger partial charge in [-0.3, -0.25) is 4.79 Å². The standard InChI is InChI=1S/C11H21NO2/c1-3-9-14-10-5-7-12(8-6-10)11(13)4-2/h10H,3-9H2,1-2H3. The van der Waals surface area contributed by atoms with Gasteiger partial charge in [0.2, 0.25) is 5.91 Å². The van der Waals surface area contributed by atoms with Crippen LogP contribution in [-0.4, -0.2) is 36.6 Å². The third kappa shape index (κ3) is 3.29. The summed E-state index contributed by atoms with van der Waals surface area (Å²) >= 11 is 0. The lowest BCUT2D eigenvalue weighted by Crippen LogP contribution is -2.40. The molecule has 0 aromatic carbocycles. The number of carbonyl (C=O) groups excluding carboxylic acids is 1. The molecule has 1 aliphatic heterocycles. The fraction of sp³-hybridized carbons (Fsp3) is 0.909.